The van der Waals surface area contributed by atoms with Crippen molar-refractivity contribution in [3.8, 4) is 0 Å². The largest absolute Gasteiger partial charge is 0.352 e. The van der Waals surface area contributed by atoms with E-state index in [0.717, 1.165) is 11.1 Å². The predicted octanol–water partition coefficient (Wildman–Crippen LogP) is 2.68. The quantitative estimate of drug-likeness (QED) is 0.687. The van der Waals surface area contributed by atoms with Gasteiger partial charge in [0, 0.05) is 12.7 Å². The van der Waals surface area contributed by atoms with Crippen molar-refractivity contribution in [3.63, 3.8) is 0 Å². The molecular formula is C11H13FO2. The number of rotatable bonds is 1. The minimum atomic E-state index is -1.03. The van der Waals surface area contributed by atoms with E-state index in [2.05, 4.69) is 0 Å². The Hall–Kier alpha value is -0.930. The minimum Gasteiger partial charge on any atom is -0.352 e. The molecule has 0 N–H and O–H groups in total. The number of benzene rings is 1. The summed E-state index contributed by atoms with van der Waals surface area (Å²) in [5.74, 6) is 0. The van der Waals surface area contributed by atoms with Crippen LogP contribution < -0.4 is 0 Å². The molecular weight excluding hydrogens is 183 g/mol. The lowest BCUT2D eigenvalue weighted by atomic mass is 9.98. The summed E-state index contributed by atoms with van der Waals surface area (Å²) in [6.07, 6.45) is -1.45. The van der Waals surface area contributed by atoms with E-state index < -0.39 is 12.5 Å². The van der Waals surface area contributed by atoms with Crippen molar-refractivity contribution in [2.75, 3.05) is 13.7 Å². The van der Waals surface area contributed by atoms with Gasteiger partial charge in [0.1, 0.15) is 6.17 Å². The van der Waals surface area contributed by atoms with E-state index in [9.17, 15) is 4.39 Å². The van der Waals surface area contributed by atoms with Crippen molar-refractivity contribution in [2.45, 2.75) is 19.4 Å². The molecule has 3 heteroatoms. The molecule has 1 aliphatic heterocycles. The fourth-order valence-electron chi connectivity index (χ4n) is 1.73. The maximum Gasteiger partial charge on any atom is 0.184 e. The molecule has 0 unspecified atom stereocenters. The number of hydrogen-bond donors (Lipinski definition) is 0. The zero-order valence-electron chi connectivity index (χ0n) is 8.29. The van der Waals surface area contributed by atoms with Crippen LogP contribution in [0.5, 0.6) is 0 Å². The monoisotopic (exact) mass is 196 g/mol. The molecule has 76 valence electrons. The Morgan fingerprint density at radius 2 is 2.21 bits per heavy atom. The lowest BCUT2D eigenvalue weighted by molar-refractivity contribution is -0.150. The molecule has 0 bridgehead atoms. The van der Waals surface area contributed by atoms with Gasteiger partial charge in [0.25, 0.3) is 0 Å². The second-order valence-electron chi connectivity index (χ2n) is 3.50. The summed E-state index contributed by atoms with van der Waals surface area (Å²) in [5.41, 5.74) is 2.59. The van der Waals surface area contributed by atoms with Gasteiger partial charge in [-0.05, 0) is 12.5 Å². The molecule has 1 heterocycles. The molecule has 1 aromatic carbocycles. The average molecular weight is 196 g/mol. The second kappa shape index (κ2) is 3.67. The van der Waals surface area contributed by atoms with Gasteiger partial charge in [-0.15, -0.1) is 0 Å². The first kappa shape index (κ1) is 9.62. The summed E-state index contributed by atoms with van der Waals surface area (Å²) in [6.45, 7) is 2.05. The fraction of sp³-hybridized carbons (Fsp3) is 0.455. The first-order chi connectivity index (χ1) is 6.72. The molecule has 0 fully saturated rings. The molecule has 1 aliphatic rings. The zero-order chi connectivity index (χ0) is 10.1. The van der Waals surface area contributed by atoms with Crippen molar-refractivity contribution < 1.29 is 13.9 Å². The molecule has 0 saturated heterocycles. The van der Waals surface area contributed by atoms with Crippen LogP contribution in [0.4, 0.5) is 4.39 Å². The third-order valence-corrected chi connectivity index (χ3v) is 2.44. The van der Waals surface area contributed by atoms with Gasteiger partial charge in [0.2, 0.25) is 0 Å². The molecule has 0 amide bonds. The molecule has 1 aromatic rings. The van der Waals surface area contributed by atoms with Crippen LogP contribution in [0, 0.1) is 6.92 Å². The van der Waals surface area contributed by atoms with Crippen molar-refractivity contribution in [1.82, 2.24) is 0 Å². The van der Waals surface area contributed by atoms with Crippen LogP contribution in [-0.2, 0) is 9.47 Å². The van der Waals surface area contributed by atoms with Crippen molar-refractivity contribution in [3.05, 3.63) is 34.9 Å². The van der Waals surface area contributed by atoms with Gasteiger partial charge < -0.3 is 9.47 Å². The van der Waals surface area contributed by atoms with Crippen molar-refractivity contribution >= 4 is 0 Å². The number of fused-ring (bicyclic) bond motifs is 1. The van der Waals surface area contributed by atoms with E-state index in [1.165, 1.54) is 0 Å². The van der Waals surface area contributed by atoms with Crippen molar-refractivity contribution in [2.24, 2.45) is 0 Å². The highest BCUT2D eigenvalue weighted by Crippen LogP contribution is 2.35. The highest BCUT2D eigenvalue weighted by Gasteiger charge is 2.27. The predicted molar refractivity (Wildman–Crippen MR) is 50.7 cm³/mol. The summed E-state index contributed by atoms with van der Waals surface area (Å²) in [6, 6.07) is 5.63. The highest BCUT2D eigenvalue weighted by molar-refractivity contribution is 5.35. The topological polar surface area (TPSA) is 18.5 Å². The normalized spacial score (nSPS) is 25.9. The van der Waals surface area contributed by atoms with Gasteiger partial charge in [0.05, 0.1) is 6.61 Å². The number of alkyl halides is 1. The van der Waals surface area contributed by atoms with Crippen LogP contribution in [0.2, 0.25) is 0 Å². The summed E-state index contributed by atoms with van der Waals surface area (Å²) in [5, 5.41) is 0. The zero-order valence-corrected chi connectivity index (χ0v) is 8.29. The molecule has 2 nitrogen and oxygen atoms in total. The van der Waals surface area contributed by atoms with E-state index in [0.29, 0.717) is 5.56 Å². The Morgan fingerprint density at radius 3 is 2.93 bits per heavy atom. The average Bonchev–Trinajstić information content (AvgIpc) is 2.18. The van der Waals surface area contributed by atoms with Crippen LogP contribution >= 0.6 is 0 Å². The van der Waals surface area contributed by atoms with Gasteiger partial charge in [-0.1, -0.05) is 23.8 Å². The lowest BCUT2D eigenvalue weighted by Crippen LogP contribution is -2.20. The standard InChI is InChI=1S/C11H13FO2/c1-7-3-4-8-9(5-7)11(13-2)14-6-10(8)12/h3-5,10-11H,6H2,1-2H3/t10-,11-/m1/s1. The molecule has 0 spiro atoms. The van der Waals surface area contributed by atoms with Crippen LogP contribution in [-0.4, -0.2) is 13.7 Å². The lowest BCUT2D eigenvalue weighted by Gasteiger charge is -2.27. The summed E-state index contributed by atoms with van der Waals surface area (Å²) in [4.78, 5) is 0. The number of hydrogen-bond acceptors (Lipinski definition) is 2. The van der Waals surface area contributed by atoms with Gasteiger partial charge in [-0.3, -0.25) is 0 Å². The Kier molecular flexibility index (Phi) is 2.52. The first-order valence-corrected chi connectivity index (χ1v) is 4.61. The maximum atomic E-state index is 13.4. The van der Waals surface area contributed by atoms with Gasteiger partial charge >= 0.3 is 0 Å². The van der Waals surface area contributed by atoms with Crippen LogP contribution in [0.1, 0.15) is 29.2 Å². The van der Waals surface area contributed by atoms with Crippen molar-refractivity contribution in [1.29, 1.82) is 0 Å². The Morgan fingerprint density at radius 1 is 1.43 bits per heavy atom. The Labute approximate surface area is 82.6 Å². The van der Waals surface area contributed by atoms with E-state index in [1.54, 1.807) is 7.11 Å². The van der Waals surface area contributed by atoms with Gasteiger partial charge in [-0.25, -0.2) is 4.39 Å². The molecule has 2 rings (SSSR count). The molecule has 2 atom stereocenters. The van der Waals surface area contributed by atoms with E-state index >= 15 is 0 Å². The number of methoxy groups -OCH3 is 1. The summed E-state index contributed by atoms with van der Waals surface area (Å²) >= 11 is 0. The van der Waals surface area contributed by atoms with Gasteiger partial charge in [-0.2, -0.15) is 0 Å². The van der Waals surface area contributed by atoms with Gasteiger partial charge in [0.15, 0.2) is 6.29 Å². The van der Waals surface area contributed by atoms with E-state index in [1.807, 2.05) is 25.1 Å². The number of halogens is 1. The summed E-state index contributed by atoms with van der Waals surface area (Å²) in [7, 11) is 1.56. The fourth-order valence-corrected chi connectivity index (χ4v) is 1.73. The van der Waals surface area contributed by atoms with E-state index in [4.69, 9.17) is 9.47 Å². The number of aryl methyl sites for hydroxylation is 1. The van der Waals surface area contributed by atoms with E-state index in [-0.39, 0.29) is 6.61 Å². The van der Waals surface area contributed by atoms with Crippen LogP contribution in [0.25, 0.3) is 0 Å². The molecule has 0 aliphatic carbocycles. The molecule has 0 aromatic heterocycles. The number of ether oxygens (including phenoxy) is 2. The minimum absolute atomic E-state index is 0.0779. The highest BCUT2D eigenvalue weighted by atomic mass is 19.1. The smallest absolute Gasteiger partial charge is 0.184 e. The van der Waals surface area contributed by atoms with Crippen LogP contribution in [0.15, 0.2) is 18.2 Å². The maximum absolute atomic E-state index is 13.4. The Balaban J connectivity index is 2.46. The summed E-state index contributed by atoms with van der Waals surface area (Å²) < 4.78 is 23.8. The SMILES string of the molecule is CO[C@@H]1OC[C@@H](F)c2ccc(C)cc21. The third-order valence-electron chi connectivity index (χ3n) is 2.44. The first-order valence-electron chi connectivity index (χ1n) is 4.61. The third kappa shape index (κ3) is 1.53. The molecule has 0 saturated carbocycles. The molecule has 14 heavy (non-hydrogen) atoms. The van der Waals surface area contributed by atoms with Crippen LogP contribution in [0.3, 0.4) is 0 Å². The Bertz CT molecular complexity index is 338. The molecule has 0 radical (unpaired) electrons. The second-order valence-corrected chi connectivity index (χ2v) is 3.50.